The van der Waals surface area contributed by atoms with Gasteiger partial charge < -0.3 is 15.3 Å². The lowest BCUT2D eigenvalue weighted by molar-refractivity contribution is -0.119. The predicted octanol–water partition coefficient (Wildman–Crippen LogP) is 3.92. The largest absolute Gasteiger partial charge is 0.508 e. The molecule has 1 aliphatic heterocycles. The zero-order valence-electron chi connectivity index (χ0n) is 14.6. The number of rotatable bonds is 5. The maximum atomic E-state index is 12.3. The average molecular weight is 373 g/mol. The number of nitrogens with zero attached hydrogens (tertiary/aromatic N) is 1. The third-order valence-corrected chi connectivity index (χ3v) is 4.64. The Morgan fingerprint density at radius 2 is 2.04 bits per heavy atom. The van der Waals surface area contributed by atoms with E-state index in [0.717, 1.165) is 17.7 Å². The van der Waals surface area contributed by atoms with E-state index in [1.54, 1.807) is 18.2 Å². The molecule has 2 aromatic carbocycles. The van der Waals surface area contributed by atoms with Crippen LogP contribution >= 0.6 is 11.6 Å². The van der Waals surface area contributed by atoms with Gasteiger partial charge in [0.25, 0.3) is 0 Å². The van der Waals surface area contributed by atoms with E-state index >= 15 is 0 Å². The van der Waals surface area contributed by atoms with E-state index in [0.29, 0.717) is 35.7 Å². The summed E-state index contributed by atoms with van der Waals surface area (Å²) in [4.78, 5) is 26.2. The van der Waals surface area contributed by atoms with Crippen LogP contribution < -0.4 is 10.2 Å². The maximum Gasteiger partial charge on any atom is 0.228 e. The van der Waals surface area contributed by atoms with Crippen molar-refractivity contribution >= 4 is 34.8 Å². The number of carbonyl (C=O) groups is 2. The van der Waals surface area contributed by atoms with Crippen LogP contribution in [0.4, 0.5) is 11.4 Å². The van der Waals surface area contributed by atoms with Gasteiger partial charge in [0.15, 0.2) is 0 Å². The molecule has 0 bridgehead atoms. The number of aromatic hydroxyl groups is 1. The summed E-state index contributed by atoms with van der Waals surface area (Å²) in [5.41, 5.74) is 3.14. The second kappa shape index (κ2) is 7.79. The maximum absolute atomic E-state index is 12.3. The lowest BCUT2D eigenvalue weighted by atomic mass is 10.00. The van der Waals surface area contributed by atoms with E-state index in [9.17, 15) is 14.7 Å². The van der Waals surface area contributed by atoms with Crippen LogP contribution in [0.2, 0.25) is 5.02 Å². The highest BCUT2D eigenvalue weighted by Gasteiger charge is 2.23. The zero-order valence-corrected chi connectivity index (χ0v) is 15.3. The number of halogens is 1. The molecule has 1 heterocycles. The van der Waals surface area contributed by atoms with Crippen LogP contribution in [0.25, 0.3) is 0 Å². The first-order chi connectivity index (χ1) is 12.5. The molecule has 5 nitrogen and oxygen atoms in total. The Bertz CT molecular complexity index is 851. The molecule has 1 aliphatic rings. The number of hydrogen-bond donors (Lipinski definition) is 2. The molecule has 0 aliphatic carbocycles. The number of nitrogens with one attached hydrogen (secondary N) is 1. The SMILES string of the molecule is CCCN1C(=O)CCc2cc(NC(=O)Cc3cc(Cl)ccc3O)ccc21. The molecule has 2 aromatic rings. The van der Waals surface area contributed by atoms with Gasteiger partial charge in [-0.2, -0.15) is 0 Å². The Morgan fingerprint density at radius 1 is 1.23 bits per heavy atom. The Balaban J connectivity index is 1.74. The molecule has 3 rings (SSSR count). The van der Waals surface area contributed by atoms with Gasteiger partial charge in [-0.3, -0.25) is 9.59 Å². The van der Waals surface area contributed by atoms with Crippen molar-refractivity contribution in [3.8, 4) is 5.75 Å². The van der Waals surface area contributed by atoms with Crippen LogP contribution in [0.15, 0.2) is 36.4 Å². The van der Waals surface area contributed by atoms with E-state index < -0.39 is 0 Å². The van der Waals surface area contributed by atoms with Crippen LogP contribution in [0.3, 0.4) is 0 Å². The number of fused-ring (bicyclic) bond motifs is 1. The minimum atomic E-state index is -0.236. The smallest absolute Gasteiger partial charge is 0.228 e. The van der Waals surface area contributed by atoms with E-state index in [4.69, 9.17) is 11.6 Å². The number of anilines is 2. The first-order valence-electron chi connectivity index (χ1n) is 8.68. The van der Waals surface area contributed by atoms with E-state index in [1.165, 1.54) is 6.07 Å². The second-order valence-electron chi connectivity index (χ2n) is 6.39. The highest BCUT2D eigenvalue weighted by molar-refractivity contribution is 6.30. The molecule has 26 heavy (non-hydrogen) atoms. The summed E-state index contributed by atoms with van der Waals surface area (Å²) in [6.45, 7) is 2.74. The molecule has 2 N–H and O–H groups in total. The Hall–Kier alpha value is -2.53. The summed E-state index contributed by atoms with van der Waals surface area (Å²) in [5, 5.41) is 13.2. The Kier molecular flexibility index (Phi) is 5.47. The second-order valence-corrected chi connectivity index (χ2v) is 6.82. The van der Waals surface area contributed by atoms with Gasteiger partial charge in [0.2, 0.25) is 11.8 Å². The number of aryl methyl sites for hydroxylation is 1. The molecule has 0 unspecified atom stereocenters. The molecule has 136 valence electrons. The van der Waals surface area contributed by atoms with Crippen molar-refractivity contribution in [1.29, 1.82) is 0 Å². The molecule has 0 saturated heterocycles. The summed E-state index contributed by atoms with van der Waals surface area (Å²) in [6.07, 6.45) is 2.09. The zero-order chi connectivity index (χ0) is 18.7. The minimum Gasteiger partial charge on any atom is -0.508 e. The topological polar surface area (TPSA) is 69.6 Å². The summed E-state index contributed by atoms with van der Waals surface area (Å²) >= 11 is 5.92. The first kappa shape index (κ1) is 18.3. The highest BCUT2D eigenvalue weighted by Crippen LogP contribution is 2.30. The summed E-state index contributed by atoms with van der Waals surface area (Å²) in [5.74, 6) is -0.0453. The van der Waals surface area contributed by atoms with Gasteiger partial charge in [-0.1, -0.05) is 18.5 Å². The van der Waals surface area contributed by atoms with Crippen molar-refractivity contribution in [2.45, 2.75) is 32.6 Å². The number of phenols is 1. The van der Waals surface area contributed by atoms with Crippen molar-refractivity contribution in [3.05, 3.63) is 52.5 Å². The molecule has 0 radical (unpaired) electrons. The standard InChI is InChI=1S/C20H21ClN2O3/c1-2-9-23-17-6-5-16(11-13(17)3-8-20(23)26)22-19(25)12-14-10-15(21)4-7-18(14)24/h4-7,10-11,24H,2-3,8-9,12H2,1H3,(H,22,25). The number of phenolic OH excluding ortho intramolecular Hbond substituents is 1. The van der Waals surface area contributed by atoms with Gasteiger partial charge >= 0.3 is 0 Å². The number of carbonyl (C=O) groups excluding carboxylic acids is 2. The van der Waals surface area contributed by atoms with Crippen LogP contribution in [0.1, 0.15) is 30.9 Å². The van der Waals surface area contributed by atoms with E-state index in [-0.39, 0.29) is 24.0 Å². The average Bonchev–Trinajstić information content (AvgIpc) is 2.60. The lowest BCUT2D eigenvalue weighted by Crippen LogP contribution is -2.35. The highest BCUT2D eigenvalue weighted by atomic mass is 35.5. The molecule has 0 atom stereocenters. The fourth-order valence-electron chi connectivity index (χ4n) is 3.18. The lowest BCUT2D eigenvalue weighted by Gasteiger charge is -2.29. The Labute approximate surface area is 157 Å². The van der Waals surface area contributed by atoms with Crippen LogP contribution in [-0.4, -0.2) is 23.5 Å². The monoisotopic (exact) mass is 372 g/mol. The molecule has 0 aromatic heterocycles. The van der Waals surface area contributed by atoms with Gasteiger partial charge in [0.05, 0.1) is 6.42 Å². The molecule has 0 saturated carbocycles. The fourth-order valence-corrected chi connectivity index (χ4v) is 3.38. The minimum absolute atomic E-state index is 0.0317. The van der Waals surface area contributed by atoms with E-state index in [1.807, 2.05) is 24.0 Å². The summed E-state index contributed by atoms with van der Waals surface area (Å²) < 4.78 is 0. The molecule has 0 fully saturated rings. The van der Waals surface area contributed by atoms with Crippen molar-refractivity contribution in [3.63, 3.8) is 0 Å². The van der Waals surface area contributed by atoms with E-state index in [2.05, 4.69) is 5.32 Å². The quantitative estimate of drug-likeness (QED) is 0.835. The van der Waals surface area contributed by atoms with Gasteiger partial charge in [-0.05, 0) is 54.8 Å². The summed E-state index contributed by atoms with van der Waals surface area (Å²) in [6, 6.07) is 10.2. The molecule has 2 amide bonds. The number of benzene rings is 2. The van der Waals surface area contributed by atoms with Crippen molar-refractivity contribution in [2.75, 3.05) is 16.8 Å². The van der Waals surface area contributed by atoms with Crippen LogP contribution in [0, 0.1) is 0 Å². The molecule has 6 heteroatoms. The van der Waals surface area contributed by atoms with Crippen molar-refractivity contribution < 1.29 is 14.7 Å². The van der Waals surface area contributed by atoms with Gasteiger partial charge in [-0.15, -0.1) is 0 Å². The van der Waals surface area contributed by atoms with Gasteiger partial charge in [-0.25, -0.2) is 0 Å². The van der Waals surface area contributed by atoms with Crippen molar-refractivity contribution in [2.24, 2.45) is 0 Å². The van der Waals surface area contributed by atoms with Crippen LogP contribution in [-0.2, 0) is 22.4 Å². The number of amides is 2. The molecular weight excluding hydrogens is 352 g/mol. The van der Waals surface area contributed by atoms with Crippen molar-refractivity contribution in [1.82, 2.24) is 0 Å². The van der Waals surface area contributed by atoms with Gasteiger partial charge in [0.1, 0.15) is 5.75 Å². The third kappa shape index (κ3) is 3.99. The summed E-state index contributed by atoms with van der Waals surface area (Å²) in [7, 11) is 0. The Morgan fingerprint density at radius 3 is 2.81 bits per heavy atom. The normalized spacial score (nSPS) is 13.5. The van der Waals surface area contributed by atoms with Gasteiger partial charge in [0, 0.05) is 34.9 Å². The predicted molar refractivity (Wildman–Crippen MR) is 103 cm³/mol. The third-order valence-electron chi connectivity index (χ3n) is 4.40. The fraction of sp³-hybridized carbons (Fsp3) is 0.300. The molecule has 0 spiro atoms. The first-order valence-corrected chi connectivity index (χ1v) is 9.06. The molecular formula is C20H21ClN2O3. The van der Waals surface area contributed by atoms with Crippen LogP contribution in [0.5, 0.6) is 5.75 Å². The number of hydrogen-bond acceptors (Lipinski definition) is 3.